The van der Waals surface area contributed by atoms with Gasteiger partial charge in [-0.15, -0.1) is 0 Å². The van der Waals surface area contributed by atoms with Gasteiger partial charge in [0.05, 0.1) is 0 Å². The Balaban J connectivity index is 0.000000362. The molecule has 1 rings (SSSR count). The van der Waals surface area contributed by atoms with Gasteiger partial charge in [-0.25, -0.2) is 0 Å². The van der Waals surface area contributed by atoms with Crippen LogP contribution in [0.2, 0.25) is 0 Å². The zero-order valence-electron chi connectivity index (χ0n) is 12.0. The lowest BCUT2D eigenvalue weighted by Gasteiger charge is -2.09. The molecular weight excluding hydrogens is 240 g/mol. The van der Waals surface area contributed by atoms with Crippen molar-refractivity contribution in [3.05, 3.63) is 42.0 Å². The van der Waals surface area contributed by atoms with Gasteiger partial charge in [-0.05, 0) is 26.3 Å². The summed E-state index contributed by atoms with van der Waals surface area (Å²) in [5, 5.41) is 0. The second-order valence-corrected chi connectivity index (χ2v) is 3.69. The van der Waals surface area contributed by atoms with Crippen molar-refractivity contribution in [2.45, 2.75) is 33.5 Å². The molecule has 0 saturated heterocycles. The lowest BCUT2D eigenvalue weighted by molar-refractivity contribution is -0.123. The van der Waals surface area contributed by atoms with Gasteiger partial charge in [0, 0.05) is 19.6 Å². The van der Waals surface area contributed by atoms with Crippen LogP contribution in [0.3, 0.4) is 0 Å². The first-order chi connectivity index (χ1) is 9.24. The van der Waals surface area contributed by atoms with Gasteiger partial charge in [0.2, 0.25) is 0 Å². The average Bonchev–Trinajstić information content (AvgIpc) is 2.42. The van der Waals surface area contributed by atoms with E-state index in [9.17, 15) is 4.79 Å². The van der Waals surface area contributed by atoms with Gasteiger partial charge in [0.1, 0.15) is 6.29 Å². The van der Waals surface area contributed by atoms with E-state index >= 15 is 0 Å². The summed E-state index contributed by atoms with van der Waals surface area (Å²) in [6.45, 7) is 7.25. The van der Waals surface area contributed by atoms with Crippen LogP contribution in [0.15, 0.2) is 36.4 Å². The first kappa shape index (κ1) is 17.6. The molecule has 19 heavy (non-hydrogen) atoms. The lowest BCUT2D eigenvalue weighted by Crippen LogP contribution is -2.11. The quantitative estimate of drug-likeness (QED) is 0.556. The van der Waals surface area contributed by atoms with Crippen molar-refractivity contribution in [3.63, 3.8) is 0 Å². The molecular formula is C16H24O3. The normalized spacial score (nSPS) is 10.3. The molecule has 0 aromatic heterocycles. The molecule has 106 valence electrons. The van der Waals surface area contributed by atoms with E-state index in [2.05, 4.69) is 0 Å². The van der Waals surface area contributed by atoms with E-state index in [1.54, 1.807) is 0 Å². The van der Waals surface area contributed by atoms with Crippen LogP contribution in [-0.4, -0.2) is 25.8 Å². The summed E-state index contributed by atoms with van der Waals surface area (Å²) in [7, 11) is 0. The molecule has 0 saturated carbocycles. The van der Waals surface area contributed by atoms with Crippen molar-refractivity contribution in [2.75, 3.05) is 13.2 Å². The fraction of sp³-hybridized carbons (Fsp3) is 0.438. The Hall–Kier alpha value is -1.45. The minimum Gasteiger partial charge on any atom is -0.353 e. The fourth-order valence-corrected chi connectivity index (χ4v) is 1.34. The fourth-order valence-electron chi connectivity index (χ4n) is 1.34. The summed E-state index contributed by atoms with van der Waals surface area (Å²) >= 11 is 0. The van der Waals surface area contributed by atoms with Crippen molar-refractivity contribution in [2.24, 2.45) is 0 Å². The molecule has 0 aliphatic carbocycles. The molecule has 3 nitrogen and oxygen atoms in total. The number of hydrogen-bond donors (Lipinski definition) is 0. The van der Waals surface area contributed by atoms with E-state index < -0.39 is 0 Å². The van der Waals surface area contributed by atoms with E-state index in [1.807, 2.05) is 63.3 Å². The Morgan fingerprint density at radius 2 is 1.68 bits per heavy atom. The van der Waals surface area contributed by atoms with Crippen LogP contribution in [0.1, 0.15) is 32.8 Å². The molecule has 0 unspecified atom stereocenters. The van der Waals surface area contributed by atoms with Crippen LogP contribution in [-0.2, 0) is 14.3 Å². The highest BCUT2D eigenvalue weighted by Gasteiger charge is 1.94. The van der Waals surface area contributed by atoms with Gasteiger partial charge in [-0.3, -0.25) is 0 Å². The maximum absolute atomic E-state index is 9.94. The molecule has 0 amide bonds. The first-order valence-corrected chi connectivity index (χ1v) is 6.63. The molecule has 0 radical (unpaired) electrons. The molecule has 0 N–H and O–H groups in total. The van der Waals surface area contributed by atoms with Crippen LogP contribution in [0.25, 0.3) is 6.08 Å². The smallest absolute Gasteiger partial charge is 0.154 e. The van der Waals surface area contributed by atoms with Gasteiger partial charge in [-0.2, -0.15) is 0 Å². The third-order valence-corrected chi connectivity index (χ3v) is 2.14. The van der Waals surface area contributed by atoms with E-state index in [0.29, 0.717) is 6.42 Å². The second-order valence-electron chi connectivity index (χ2n) is 3.69. The largest absolute Gasteiger partial charge is 0.353 e. The predicted molar refractivity (Wildman–Crippen MR) is 78.9 cm³/mol. The molecule has 0 heterocycles. The third kappa shape index (κ3) is 11.4. The molecule has 0 aliphatic heterocycles. The number of benzene rings is 1. The number of carbonyl (C=O) groups excluding carboxylic acids is 1. The van der Waals surface area contributed by atoms with Crippen molar-refractivity contribution < 1.29 is 14.3 Å². The van der Waals surface area contributed by atoms with E-state index in [1.165, 1.54) is 0 Å². The zero-order chi connectivity index (χ0) is 14.3. The maximum atomic E-state index is 9.94. The Kier molecular flexibility index (Phi) is 12.0. The van der Waals surface area contributed by atoms with Crippen molar-refractivity contribution in [1.82, 2.24) is 0 Å². The minimum absolute atomic E-state index is 0.0370. The predicted octanol–water partition coefficient (Wildman–Crippen LogP) is 3.69. The number of carbonyl (C=O) groups is 1. The first-order valence-electron chi connectivity index (χ1n) is 6.63. The van der Waals surface area contributed by atoms with Crippen LogP contribution in [0.4, 0.5) is 0 Å². The minimum atomic E-state index is -0.0370. The molecule has 3 heteroatoms. The van der Waals surface area contributed by atoms with Crippen molar-refractivity contribution >= 4 is 12.4 Å². The van der Waals surface area contributed by atoms with Crippen LogP contribution >= 0.6 is 0 Å². The van der Waals surface area contributed by atoms with Crippen molar-refractivity contribution in [3.8, 4) is 0 Å². The number of ether oxygens (including phenoxy) is 2. The second kappa shape index (κ2) is 13.0. The monoisotopic (exact) mass is 264 g/mol. The number of allylic oxidation sites excluding steroid dienone is 1. The van der Waals surface area contributed by atoms with E-state index in [-0.39, 0.29) is 6.29 Å². The van der Waals surface area contributed by atoms with Gasteiger partial charge in [-0.1, -0.05) is 42.5 Å². The zero-order valence-corrected chi connectivity index (χ0v) is 12.0. The summed E-state index contributed by atoms with van der Waals surface area (Å²) in [6, 6.07) is 9.92. The molecule has 1 aromatic carbocycles. The summed E-state index contributed by atoms with van der Waals surface area (Å²) < 4.78 is 10.1. The summed E-state index contributed by atoms with van der Waals surface area (Å²) in [5.74, 6) is 0. The van der Waals surface area contributed by atoms with E-state index in [4.69, 9.17) is 9.47 Å². The molecule has 0 aliphatic rings. The maximum Gasteiger partial charge on any atom is 0.154 e. The van der Waals surface area contributed by atoms with E-state index in [0.717, 1.165) is 25.1 Å². The average molecular weight is 264 g/mol. The number of rotatable bonds is 7. The lowest BCUT2D eigenvalue weighted by atomic mass is 10.2. The molecule has 1 aromatic rings. The third-order valence-electron chi connectivity index (χ3n) is 2.14. The van der Waals surface area contributed by atoms with Gasteiger partial charge in [0.25, 0.3) is 0 Å². The SMILES string of the molecule is CCOC(C)OCC.O=CC/C=C/c1ccccc1. The Bertz CT molecular complexity index is 327. The van der Waals surface area contributed by atoms with Crippen molar-refractivity contribution in [1.29, 1.82) is 0 Å². The van der Waals surface area contributed by atoms with Gasteiger partial charge >= 0.3 is 0 Å². The molecule has 0 fully saturated rings. The van der Waals surface area contributed by atoms with Gasteiger partial charge < -0.3 is 14.3 Å². The Labute approximate surface area is 116 Å². The highest BCUT2D eigenvalue weighted by atomic mass is 16.7. The van der Waals surface area contributed by atoms with Crippen LogP contribution in [0.5, 0.6) is 0 Å². The number of hydrogen-bond acceptors (Lipinski definition) is 3. The summed E-state index contributed by atoms with van der Waals surface area (Å²) in [5.41, 5.74) is 1.13. The van der Waals surface area contributed by atoms with Crippen LogP contribution < -0.4 is 0 Å². The van der Waals surface area contributed by atoms with Gasteiger partial charge in [0.15, 0.2) is 6.29 Å². The summed E-state index contributed by atoms with van der Waals surface area (Å²) in [6.07, 6.45) is 5.13. The standard InChI is InChI=1S/C10H10O.C6H14O2/c11-9-5-4-8-10-6-2-1-3-7-10;1-4-7-6(3)8-5-2/h1-4,6-9H,5H2;6H,4-5H2,1-3H3/b8-4+;. The highest BCUT2D eigenvalue weighted by Crippen LogP contribution is 2.00. The highest BCUT2D eigenvalue weighted by molar-refractivity contribution is 5.57. The summed E-state index contributed by atoms with van der Waals surface area (Å²) in [4.78, 5) is 9.94. The Morgan fingerprint density at radius 3 is 2.16 bits per heavy atom. The molecule has 0 spiro atoms. The number of aldehydes is 1. The molecule has 0 bridgehead atoms. The van der Waals surface area contributed by atoms with Crippen LogP contribution in [0, 0.1) is 0 Å². The molecule has 0 atom stereocenters. The topological polar surface area (TPSA) is 35.5 Å². The Morgan fingerprint density at radius 1 is 1.11 bits per heavy atom.